The number of rotatable bonds is 5. The predicted molar refractivity (Wildman–Crippen MR) is 134 cm³/mol. The average molecular weight is 411 g/mol. The summed E-state index contributed by atoms with van der Waals surface area (Å²) in [5, 5.41) is 0. The fourth-order valence-electron chi connectivity index (χ4n) is 7.35. The molecule has 0 N–H and O–H groups in total. The van der Waals surface area contributed by atoms with Gasteiger partial charge in [-0.1, -0.05) is 96.8 Å². The van der Waals surface area contributed by atoms with E-state index in [1.165, 1.54) is 69.8 Å². The monoisotopic (exact) mass is 410 g/mol. The van der Waals surface area contributed by atoms with E-state index in [1.54, 1.807) is 11.1 Å². The van der Waals surface area contributed by atoms with Crippen LogP contribution in [0.1, 0.15) is 113 Å². The maximum Gasteiger partial charge on any atom is -0.0143 e. The van der Waals surface area contributed by atoms with Crippen LogP contribution in [0.3, 0.4) is 0 Å². The summed E-state index contributed by atoms with van der Waals surface area (Å²) >= 11 is 0. The Labute approximate surface area is 188 Å². The highest BCUT2D eigenvalue weighted by Gasteiger charge is 2.50. The molecule has 0 heteroatoms. The third-order valence-corrected chi connectivity index (χ3v) is 9.25. The fraction of sp³-hybridized carbons (Fsp3) is 0.800. The largest absolute Gasteiger partial charge is 0.0993 e. The molecule has 0 aliphatic heterocycles. The van der Waals surface area contributed by atoms with E-state index in [0.29, 0.717) is 22.7 Å². The molecule has 2 unspecified atom stereocenters. The Morgan fingerprint density at radius 1 is 1.10 bits per heavy atom. The van der Waals surface area contributed by atoms with Crippen LogP contribution < -0.4 is 0 Å². The number of allylic oxidation sites excluding steroid dienone is 5. The van der Waals surface area contributed by atoms with Gasteiger partial charge in [-0.15, -0.1) is 0 Å². The Morgan fingerprint density at radius 3 is 2.40 bits per heavy atom. The summed E-state index contributed by atoms with van der Waals surface area (Å²) in [6.45, 7) is 21.4. The summed E-state index contributed by atoms with van der Waals surface area (Å²) in [6.07, 6.45) is 18.8. The van der Waals surface area contributed by atoms with Crippen molar-refractivity contribution >= 4 is 0 Å². The van der Waals surface area contributed by atoms with Crippen molar-refractivity contribution in [3.05, 3.63) is 35.5 Å². The minimum atomic E-state index is 0.483. The van der Waals surface area contributed by atoms with Gasteiger partial charge in [-0.2, -0.15) is 0 Å². The molecule has 170 valence electrons. The zero-order chi connectivity index (χ0) is 22.1. The molecular weight excluding hydrogens is 360 g/mol. The highest BCUT2D eigenvalue weighted by molar-refractivity contribution is 5.28. The molecule has 0 spiro atoms. The lowest BCUT2D eigenvalue weighted by Crippen LogP contribution is -2.36. The summed E-state index contributed by atoms with van der Waals surface area (Å²) < 4.78 is 0. The van der Waals surface area contributed by atoms with Crippen molar-refractivity contribution in [3.63, 3.8) is 0 Å². The first-order valence-electron chi connectivity index (χ1n) is 13.1. The molecule has 3 aliphatic rings. The molecule has 3 rings (SSSR count). The third kappa shape index (κ3) is 5.34. The van der Waals surface area contributed by atoms with Crippen LogP contribution in [0.4, 0.5) is 0 Å². The quantitative estimate of drug-likeness (QED) is 0.396. The van der Waals surface area contributed by atoms with Gasteiger partial charge in [-0.3, -0.25) is 0 Å². The van der Waals surface area contributed by atoms with Crippen LogP contribution in [0, 0.1) is 40.4 Å². The topological polar surface area (TPSA) is 0 Å². The average Bonchev–Trinajstić information content (AvgIpc) is 3.00. The minimum Gasteiger partial charge on any atom is -0.0993 e. The maximum atomic E-state index is 4.33. The molecule has 3 saturated carbocycles. The van der Waals surface area contributed by atoms with Gasteiger partial charge in [0.1, 0.15) is 0 Å². The summed E-state index contributed by atoms with van der Waals surface area (Å²) in [4.78, 5) is 0. The van der Waals surface area contributed by atoms with Crippen LogP contribution in [0.2, 0.25) is 0 Å². The standard InChI is InChI=1S/C30H50/c1-21(11-9-17-29(5,6)7)27-15-16-28-26(12-10-18-30(27,28)8)14-13-25-19-22(2)24(4)23(3)20-25/h13-14,21-23,27-28H,4,9-12,15-20H2,1-3,5-8H3/b26-14+/t21-,22-,23-,27?,28?,30-/m1/s1. The van der Waals surface area contributed by atoms with Gasteiger partial charge < -0.3 is 0 Å². The van der Waals surface area contributed by atoms with Gasteiger partial charge in [-0.25, -0.2) is 0 Å². The van der Waals surface area contributed by atoms with Crippen LogP contribution in [0.5, 0.6) is 0 Å². The van der Waals surface area contributed by atoms with Crippen LogP contribution in [-0.4, -0.2) is 0 Å². The number of fused-ring (bicyclic) bond motifs is 1. The number of hydrogen-bond donors (Lipinski definition) is 0. The minimum absolute atomic E-state index is 0.483. The van der Waals surface area contributed by atoms with Crippen LogP contribution >= 0.6 is 0 Å². The smallest absolute Gasteiger partial charge is 0.0143 e. The van der Waals surface area contributed by atoms with Gasteiger partial charge >= 0.3 is 0 Å². The molecule has 0 heterocycles. The second-order valence-electron chi connectivity index (χ2n) is 12.9. The fourth-order valence-corrected chi connectivity index (χ4v) is 7.35. The van der Waals surface area contributed by atoms with Crippen molar-refractivity contribution in [2.45, 2.75) is 113 Å². The van der Waals surface area contributed by atoms with E-state index in [1.807, 2.05) is 0 Å². The maximum absolute atomic E-state index is 4.33. The number of hydrogen-bond acceptors (Lipinski definition) is 0. The molecule has 0 nitrogen and oxygen atoms in total. The van der Waals surface area contributed by atoms with Crippen molar-refractivity contribution in [2.24, 2.45) is 40.4 Å². The van der Waals surface area contributed by atoms with Crippen LogP contribution in [0.15, 0.2) is 35.5 Å². The molecule has 0 bridgehead atoms. The van der Waals surface area contributed by atoms with Crippen LogP contribution in [-0.2, 0) is 0 Å². The lowest BCUT2D eigenvalue weighted by molar-refractivity contribution is 0.0920. The van der Waals surface area contributed by atoms with E-state index < -0.39 is 0 Å². The summed E-state index contributed by atoms with van der Waals surface area (Å²) in [6, 6.07) is 0. The van der Waals surface area contributed by atoms with Crippen molar-refractivity contribution in [1.29, 1.82) is 0 Å². The third-order valence-electron chi connectivity index (χ3n) is 9.25. The second kappa shape index (κ2) is 9.38. The lowest BCUT2D eigenvalue weighted by atomic mass is 9.60. The molecule has 3 aliphatic carbocycles. The first-order valence-corrected chi connectivity index (χ1v) is 13.1. The van der Waals surface area contributed by atoms with Gasteiger partial charge in [-0.05, 0) is 91.8 Å². The molecular formula is C30H50. The molecule has 0 saturated heterocycles. The van der Waals surface area contributed by atoms with E-state index in [0.717, 1.165) is 17.8 Å². The highest BCUT2D eigenvalue weighted by Crippen LogP contribution is 2.60. The van der Waals surface area contributed by atoms with Gasteiger partial charge in [0, 0.05) is 0 Å². The van der Waals surface area contributed by atoms with E-state index in [-0.39, 0.29) is 0 Å². The van der Waals surface area contributed by atoms with Gasteiger partial charge in [0.15, 0.2) is 0 Å². The highest BCUT2D eigenvalue weighted by atomic mass is 14.5. The first-order chi connectivity index (χ1) is 14.0. The molecule has 0 aromatic rings. The molecule has 3 fully saturated rings. The van der Waals surface area contributed by atoms with Crippen molar-refractivity contribution in [1.82, 2.24) is 0 Å². The Kier molecular flexibility index (Phi) is 7.46. The Morgan fingerprint density at radius 2 is 1.77 bits per heavy atom. The van der Waals surface area contributed by atoms with Gasteiger partial charge in [0.2, 0.25) is 0 Å². The first kappa shape index (κ1) is 23.9. The van der Waals surface area contributed by atoms with Gasteiger partial charge in [0.25, 0.3) is 0 Å². The summed E-state index contributed by atoms with van der Waals surface area (Å²) in [5.74, 6) is 3.95. The summed E-state index contributed by atoms with van der Waals surface area (Å²) in [7, 11) is 0. The summed E-state index contributed by atoms with van der Waals surface area (Å²) in [5.41, 5.74) is 5.93. The van der Waals surface area contributed by atoms with Crippen molar-refractivity contribution < 1.29 is 0 Å². The SMILES string of the molecule is C=C1[C@H](C)CC(=C/C=C2\CCC[C@@]3(C)C2CCC3[C@H](C)CCCC(C)(C)C)C[C@H]1C. The molecule has 0 aromatic carbocycles. The van der Waals surface area contributed by atoms with E-state index in [4.69, 9.17) is 0 Å². The normalized spacial score (nSPS) is 37.4. The lowest BCUT2D eigenvalue weighted by Gasteiger charge is -2.44. The zero-order valence-electron chi connectivity index (χ0n) is 21.3. The Bertz CT molecular complexity index is 653. The van der Waals surface area contributed by atoms with Crippen molar-refractivity contribution in [3.8, 4) is 0 Å². The molecule has 0 amide bonds. The van der Waals surface area contributed by atoms with Crippen LogP contribution in [0.25, 0.3) is 0 Å². The Balaban J connectivity index is 1.67. The zero-order valence-corrected chi connectivity index (χ0v) is 21.3. The van der Waals surface area contributed by atoms with Gasteiger partial charge in [0.05, 0.1) is 0 Å². The predicted octanol–water partition coefficient (Wildman–Crippen LogP) is 9.53. The van der Waals surface area contributed by atoms with E-state index in [9.17, 15) is 0 Å². The Hall–Kier alpha value is -0.780. The van der Waals surface area contributed by atoms with E-state index in [2.05, 4.69) is 67.2 Å². The molecule has 30 heavy (non-hydrogen) atoms. The van der Waals surface area contributed by atoms with Crippen molar-refractivity contribution in [2.75, 3.05) is 0 Å². The van der Waals surface area contributed by atoms with E-state index >= 15 is 0 Å². The molecule has 6 atom stereocenters. The molecule has 0 aromatic heterocycles. The molecule has 0 radical (unpaired) electrons. The second-order valence-corrected chi connectivity index (χ2v) is 12.9.